The topological polar surface area (TPSA) is 51.4 Å². The van der Waals surface area contributed by atoms with E-state index in [1.165, 1.54) is 5.69 Å². The molecular formula is C11H17N3O. The number of nitrogens with zero attached hydrogens (tertiary/aromatic N) is 2. The molecule has 0 saturated carbocycles. The van der Waals surface area contributed by atoms with E-state index < -0.39 is 0 Å². The summed E-state index contributed by atoms with van der Waals surface area (Å²) in [7, 11) is 1.77. The fourth-order valence-corrected chi connectivity index (χ4v) is 1.93. The number of hydrogen-bond donors (Lipinski definition) is 1. The zero-order valence-corrected chi connectivity index (χ0v) is 9.02. The van der Waals surface area contributed by atoms with Crippen molar-refractivity contribution in [2.24, 2.45) is 5.73 Å². The van der Waals surface area contributed by atoms with Gasteiger partial charge in [0, 0.05) is 38.6 Å². The first-order valence-corrected chi connectivity index (χ1v) is 5.26. The highest BCUT2D eigenvalue weighted by molar-refractivity contribution is 5.47. The predicted octanol–water partition coefficient (Wildman–Crippen LogP) is 0.765. The summed E-state index contributed by atoms with van der Waals surface area (Å²) in [6, 6.07) is 4.08. The van der Waals surface area contributed by atoms with Gasteiger partial charge in [-0.25, -0.2) is 0 Å². The van der Waals surface area contributed by atoms with Crippen molar-refractivity contribution in [3.63, 3.8) is 0 Å². The van der Waals surface area contributed by atoms with E-state index in [1.807, 2.05) is 12.3 Å². The highest BCUT2D eigenvalue weighted by atomic mass is 16.5. The molecule has 0 radical (unpaired) electrons. The molecule has 1 saturated heterocycles. The van der Waals surface area contributed by atoms with Gasteiger partial charge in [0.2, 0.25) is 0 Å². The molecule has 1 unspecified atom stereocenters. The molecule has 2 N–H and O–H groups in total. The van der Waals surface area contributed by atoms with Gasteiger partial charge in [-0.2, -0.15) is 0 Å². The van der Waals surface area contributed by atoms with Crippen LogP contribution < -0.4 is 10.6 Å². The van der Waals surface area contributed by atoms with Crippen molar-refractivity contribution >= 4 is 5.69 Å². The summed E-state index contributed by atoms with van der Waals surface area (Å²) < 4.78 is 5.34. The second-order valence-electron chi connectivity index (χ2n) is 3.80. The van der Waals surface area contributed by atoms with E-state index in [9.17, 15) is 0 Å². The summed E-state index contributed by atoms with van der Waals surface area (Å²) >= 11 is 0. The molecular weight excluding hydrogens is 190 g/mol. The van der Waals surface area contributed by atoms with Crippen LogP contribution in [0.5, 0.6) is 0 Å². The van der Waals surface area contributed by atoms with Crippen LogP contribution in [-0.2, 0) is 11.3 Å². The first-order valence-electron chi connectivity index (χ1n) is 5.26. The average Bonchev–Trinajstić information content (AvgIpc) is 2.78. The van der Waals surface area contributed by atoms with E-state index >= 15 is 0 Å². The van der Waals surface area contributed by atoms with Crippen LogP contribution in [0.15, 0.2) is 18.3 Å². The second-order valence-corrected chi connectivity index (χ2v) is 3.80. The summed E-state index contributed by atoms with van der Waals surface area (Å²) in [5.74, 6) is 0. The first kappa shape index (κ1) is 10.4. The van der Waals surface area contributed by atoms with E-state index in [1.54, 1.807) is 7.11 Å². The molecule has 1 aromatic rings. The van der Waals surface area contributed by atoms with E-state index in [2.05, 4.69) is 16.0 Å². The Morgan fingerprint density at radius 3 is 3.20 bits per heavy atom. The lowest BCUT2D eigenvalue weighted by Crippen LogP contribution is -2.22. The number of nitrogens with two attached hydrogens (primary N) is 1. The minimum atomic E-state index is 0.361. The van der Waals surface area contributed by atoms with Gasteiger partial charge in [0.05, 0.1) is 11.8 Å². The Hall–Kier alpha value is -1.13. The second kappa shape index (κ2) is 4.59. The van der Waals surface area contributed by atoms with Gasteiger partial charge in [-0.15, -0.1) is 0 Å². The molecule has 0 aromatic carbocycles. The molecule has 1 fully saturated rings. The third-order valence-electron chi connectivity index (χ3n) is 2.85. The Kier molecular flexibility index (Phi) is 3.18. The minimum absolute atomic E-state index is 0.361. The first-order chi connectivity index (χ1) is 7.33. The maximum absolute atomic E-state index is 5.57. The fraction of sp³-hybridized carbons (Fsp3) is 0.545. The number of hydrogen-bond acceptors (Lipinski definition) is 4. The molecule has 1 aromatic heterocycles. The smallest absolute Gasteiger partial charge is 0.0762 e. The van der Waals surface area contributed by atoms with Crippen molar-refractivity contribution in [1.29, 1.82) is 0 Å². The van der Waals surface area contributed by atoms with Crippen LogP contribution in [0.2, 0.25) is 0 Å². The van der Waals surface area contributed by atoms with Crippen molar-refractivity contribution in [2.45, 2.75) is 19.1 Å². The molecule has 0 bridgehead atoms. The average molecular weight is 207 g/mol. The molecule has 0 aliphatic carbocycles. The standard InChI is InChI=1S/C11H17N3O/c1-15-11-3-5-14(8-11)10-2-4-13-9(6-10)7-12/h2,4,6,11H,3,5,7-8,12H2,1H3. The van der Waals surface area contributed by atoms with Crippen LogP contribution in [0.1, 0.15) is 12.1 Å². The largest absolute Gasteiger partial charge is 0.380 e. The zero-order chi connectivity index (χ0) is 10.7. The Bertz CT molecular complexity index is 329. The van der Waals surface area contributed by atoms with Gasteiger partial charge in [0.1, 0.15) is 0 Å². The summed E-state index contributed by atoms with van der Waals surface area (Å²) in [6.45, 7) is 2.51. The van der Waals surface area contributed by atoms with Crippen LogP contribution >= 0.6 is 0 Å². The highest BCUT2D eigenvalue weighted by Crippen LogP contribution is 2.21. The highest BCUT2D eigenvalue weighted by Gasteiger charge is 2.22. The summed E-state index contributed by atoms with van der Waals surface area (Å²) in [6.07, 6.45) is 3.27. The normalized spacial score (nSPS) is 20.9. The Balaban J connectivity index is 2.09. The van der Waals surface area contributed by atoms with Gasteiger partial charge in [-0.1, -0.05) is 0 Å². The van der Waals surface area contributed by atoms with E-state index in [-0.39, 0.29) is 0 Å². The molecule has 15 heavy (non-hydrogen) atoms. The Labute approximate surface area is 90.0 Å². The molecule has 2 rings (SSSR count). The van der Waals surface area contributed by atoms with Crippen molar-refractivity contribution in [1.82, 2.24) is 4.98 Å². The van der Waals surface area contributed by atoms with Crippen LogP contribution in [0.25, 0.3) is 0 Å². The summed E-state index contributed by atoms with van der Waals surface area (Å²) in [5, 5.41) is 0. The van der Waals surface area contributed by atoms with Gasteiger partial charge in [0.25, 0.3) is 0 Å². The molecule has 1 aliphatic heterocycles. The number of rotatable bonds is 3. The lowest BCUT2D eigenvalue weighted by molar-refractivity contribution is 0.121. The molecule has 0 amide bonds. The van der Waals surface area contributed by atoms with Crippen LogP contribution in [0, 0.1) is 0 Å². The maximum Gasteiger partial charge on any atom is 0.0762 e. The lowest BCUT2D eigenvalue weighted by atomic mass is 10.3. The van der Waals surface area contributed by atoms with Crippen molar-refractivity contribution in [3.05, 3.63) is 24.0 Å². The van der Waals surface area contributed by atoms with E-state index in [4.69, 9.17) is 10.5 Å². The number of ether oxygens (including phenoxy) is 1. The third kappa shape index (κ3) is 2.27. The fourth-order valence-electron chi connectivity index (χ4n) is 1.93. The Morgan fingerprint density at radius 2 is 2.53 bits per heavy atom. The molecule has 82 valence electrons. The van der Waals surface area contributed by atoms with Gasteiger partial charge in [0.15, 0.2) is 0 Å². The van der Waals surface area contributed by atoms with Crippen LogP contribution in [0.3, 0.4) is 0 Å². The Morgan fingerprint density at radius 1 is 1.67 bits per heavy atom. The maximum atomic E-state index is 5.57. The number of anilines is 1. The number of methoxy groups -OCH3 is 1. The molecule has 1 atom stereocenters. The van der Waals surface area contributed by atoms with Crippen molar-refractivity contribution < 1.29 is 4.74 Å². The van der Waals surface area contributed by atoms with Crippen molar-refractivity contribution in [3.8, 4) is 0 Å². The van der Waals surface area contributed by atoms with Crippen LogP contribution in [0.4, 0.5) is 5.69 Å². The summed E-state index contributed by atoms with van der Waals surface area (Å²) in [4.78, 5) is 6.50. The quantitative estimate of drug-likeness (QED) is 0.795. The van der Waals surface area contributed by atoms with Gasteiger partial charge >= 0.3 is 0 Å². The predicted molar refractivity (Wildman–Crippen MR) is 59.8 cm³/mol. The molecule has 4 nitrogen and oxygen atoms in total. The molecule has 1 aliphatic rings. The van der Waals surface area contributed by atoms with Crippen molar-refractivity contribution in [2.75, 3.05) is 25.1 Å². The molecule has 2 heterocycles. The monoisotopic (exact) mass is 207 g/mol. The van der Waals surface area contributed by atoms with Crippen LogP contribution in [-0.4, -0.2) is 31.3 Å². The van der Waals surface area contributed by atoms with Gasteiger partial charge in [-0.3, -0.25) is 4.98 Å². The van der Waals surface area contributed by atoms with E-state index in [0.29, 0.717) is 12.6 Å². The zero-order valence-electron chi connectivity index (χ0n) is 9.02. The minimum Gasteiger partial charge on any atom is -0.380 e. The van der Waals surface area contributed by atoms with Gasteiger partial charge < -0.3 is 15.4 Å². The molecule has 4 heteroatoms. The molecule has 0 spiro atoms. The third-order valence-corrected chi connectivity index (χ3v) is 2.85. The number of aromatic nitrogens is 1. The number of pyridine rings is 1. The summed E-state index contributed by atoms with van der Waals surface area (Å²) in [5.41, 5.74) is 7.70. The SMILES string of the molecule is COC1CCN(c2ccnc(CN)c2)C1. The van der Waals surface area contributed by atoms with Gasteiger partial charge in [-0.05, 0) is 18.6 Å². The lowest BCUT2D eigenvalue weighted by Gasteiger charge is -2.18. The van der Waals surface area contributed by atoms with E-state index in [0.717, 1.165) is 25.2 Å².